The van der Waals surface area contributed by atoms with Crippen LogP contribution in [-0.4, -0.2) is 66.2 Å². The summed E-state index contributed by atoms with van der Waals surface area (Å²) in [6.07, 6.45) is 2.42. The van der Waals surface area contributed by atoms with Crippen LogP contribution in [0.2, 0.25) is 0 Å². The maximum atomic E-state index is 12.0. The summed E-state index contributed by atoms with van der Waals surface area (Å²) in [5.74, 6) is -0.962. The quantitative estimate of drug-likeness (QED) is 0.773. The van der Waals surface area contributed by atoms with Crippen LogP contribution >= 0.6 is 0 Å². The van der Waals surface area contributed by atoms with Crippen molar-refractivity contribution in [3.63, 3.8) is 0 Å². The molecule has 1 saturated heterocycles. The fourth-order valence-corrected chi connectivity index (χ4v) is 2.32. The van der Waals surface area contributed by atoms with E-state index in [-0.39, 0.29) is 12.1 Å². The highest BCUT2D eigenvalue weighted by molar-refractivity contribution is 5.82. The molecule has 18 heavy (non-hydrogen) atoms. The molecule has 6 heteroatoms. The van der Waals surface area contributed by atoms with Gasteiger partial charge in [0.25, 0.3) is 0 Å². The Morgan fingerprint density at radius 2 is 2.22 bits per heavy atom. The van der Waals surface area contributed by atoms with Crippen LogP contribution < -0.4 is 5.32 Å². The molecule has 1 fully saturated rings. The standard InChI is InChI=1S/C12H23N3O3/c1-4-10(11(16)17)15(3)12(18)13-9-6-5-7-14(2)8-9/h9-10H,4-8H2,1-3H3,(H,13,18)(H,16,17). The van der Waals surface area contributed by atoms with E-state index in [1.54, 1.807) is 6.92 Å². The first kappa shape index (κ1) is 14.8. The molecule has 0 radical (unpaired) electrons. The zero-order valence-electron chi connectivity index (χ0n) is 11.3. The molecule has 0 aliphatic carbocycles. The van der Waals surface area contributed by atoms with E-state index in [1.807, 2.05) is 7.05 Å². The predicted octanol–water partition coefficient (Wildman–Crippen LogP) is 0.585. The molecule has 104 valence electrons. The van der Waals surface area contributed by atoms with E-state index in [2.05, 4.69) is 10.2 Å². The van der Waals surface area contributed by atoms with Crippen molar-refractivity contribution < 1.29 is 14.7 Å². The van der Waals surface area contributed by atoms with Gasteiger partial charge in [-0.1, -0.05) is 6.92 Å². The maximum absolute atomic E-state index is 12.0. The Balaban J connectivity index is 2.50. The molecule has 1 aliphatic heterocycles. The second-order valence-electron chi connectivity index (χ2n) is 4.92. The third-order valence-corrected chi connectivity index (χ3v) is 3.41. The van der Waals surface area contributed by atoms with Crippen LogP contribution in [0.5, 0.6) is 0 Å². The highest BCUT2D eigenvalue weighted by Crippen LogP contribution is 2.09. The molecular weight excluding hydrogens is 234 g/mol. The van der Waals surface area contributed by atoms with E-state index < -0.39 is 12.0 Å². The summed E-state index contributed by atoms with van der Waals surface area (Å²) in [5, 5.41) is 11.9. The molecule has 6 nitrogen and oxygen atoms in total. The van der Waals surface area contributed by atoms with Gasteiger partial charge in [0.05, 0.1) is 0 Å². The maximum Gasteiger partial charge on any atom is 0.326 e. The largest absolute Gasteiger partial charge is 0.480 e. The number of rotatable bonds is 4. The SMILES string of the molecule is CCC(C(=O)O)N(C)C(=O)NC1CCCN(C)C1. The van der Waals surface area contributed by atoms with Crippen LogP contribution in [0, 0.1) is 0 Å². The fraction of sp³-hybridized carbons (Fsp3) is 0.833. The van der Waals surface area contributed by atoms with Crippen molar-refractivity contribution in [1.29, 1.82) is 0 Å². The number of carboxylic acid groups (broad SMARTS) is 1. The number of aliphatic carboxylic acids is 1. The first-order valence-electron chi connectivity index (χ1n) is 6.40. The summed E-state index contributed by atoms with van der Waals surface area (Å²) in [6.45, 7) is 3.63. The molecule has 0 bridgehead atoms. The van der Waals surface area contributed by atoms with Gasteiger partial charge in [-0.05, 0) is 32.9 Å². The van der Waals surface area contributed by atoms with Crippen molar-refractivity contribution in [3.05, 3.63) is 0 Å². The minimum Gasteiger partial charge on any atom is -0.480 e. The first-order chi connectivity index (χ1) is 8.45. The third kappa shape index (κ3) is 3.87. The third-order valence-electron chi connectivity index (χ3n) is 3.41. The summed E-state index contributed by atoms with van der Waals surface area (Å²) in [4.78, 5) is 26.4. The van der Waals surface area contributed by atoms with Crippen molar-refractivity contribution >= 4 is 12.0 Å². The molecule has 1 aliphatic rings. The van der Waals surface area contributed by atoms with Crippen molar-refractivity contribution in [2.24, 2.45) is 0 Å². The number of hydrogen-bond acceptors (Lipinski definition) is 3. The smallest absolute Gasteiger partial charge is 0.326 e. The van der Waals surface area contributed by atoms with Crippen LogP contribution in [0.15, 0.2) is 0 Å². The van der Waals surface area contributed by atoms with Crippen molar-refractivity contribution in [1.82, 2.24) is 15.1 Å². The number of carbonyl (C=O) groups is 2. The van der Waals surface area contributed by atoms with Gasteiger partial charge in [-0.3, -0.25) is 0 Å². The van der Waals surface area contributed by atoms with Crippen LogP contribution in [-0.2, 0) is 4.79 Å². The van der Waals surface area contributed by atoms with Crippen molar-refractivity contribution in [2.45, 2.75) is 38.3 Å². The van der Waals surface area contributed by atoms with Gasteiger partial charge in [0.15, 0.2) is 0 Å². The van der Waals surface area contributed by atoms with Crippen LogP contribution in [0.4, 0.5) is 4.79 Å². The van der Waals surface area contributed by atoms with Gasteiger partial charge in [-0.15, -0.1) is 0 Å². The number of carbonyl (C=O) groups excluding carboxylic acids is 1. The van der Waals surface area contributed by atoms with Crippen LogP contribution in [0.1, 0.15) is 26.2 Å². The highest BCUT2D eigenvalue weighted by atomic mass is 16.4. The molecule has 2 amide bonds. The molecule has 1 rings (SSSR count). The molecule has 1 heterocycles. The van der Waals surface area contributed by atoms with Crippen molar-refractivity contribution in [3.8, 4) is 0 Å². The second kappa shape index (κ2) is 6.58. The van der Waals surface area contributed by atoms with Gasteiger partial charge in [-0.2, -0.15) is 0 Å². The average molecular weight is 257 g/mol. The summed E-state index contributed by atoms with van der Waals surface area (Å²) >= 11 is 0. The first-order valence-corrected chi connectivity index (χ1v) is 6.40. The number of likely N-dealkylation sites (tertiary alicyclic amines) is 1. The molecule has 0 aromatic rings. The summed E-state index contributed by atoms with van der Waals surface area (Å²) in [5.41, 5.74) is 0. The Morgan fingerprint density at radius 1 is 1.56 bits per heavy atom. The summed E-state index contributed by atoms with van der Waals surface area (Å²) in [6, 6.07) is -0.944. The van der Waals surface area contributed by atoms with Gasteiger partial charge in [0, 0.05) is 19.6 Å². The van der Waals surface area contributed by atoms with Gasteiger partial charge < -0.3 is 20.2 Å². The molecule has 2 N–H and O–H groups in total. The zero-order valence-corrected chi connectivity index (χ0v) is 11.3. The number of piperidine rings is 1. The van der Waals surface area contributed by atoms with E-state index >= 15 is 0 Å². The van der Waals surface area contributed by atoms with E-state index in [0.717, 1.165) is 25.9 Å². The summed E-state index contributed by atoms with van der Waals surface area (Å²) in [7, 11) is 3.55. The molecular formula is C12H23N3O3. The molecule has 0 aromatic carbocycles. The van der Waals surface area contributed by atoms with E-state index in [1.165, 1.54) is 11.9 Å². The highest BCUT2D eigenvalue weighted by Gasteiger charge is 2.27. The van der Waals surface area contributed by atoms with Gasteiger partial charge in [0.1, 0.15) is 6.04 Å². The molecule has 0 spiro atoms. The van der Waals surface area contributed by atoms with E-state index in [4.69, 9.17) is 5.11 Å². The Hall–Kier alpha value is -1.30. The van der Waals surface area contributed by atoms with Crippen LogP contribution in [0.3, 0.4) is 0 Å². The topological polar surface area (TPSA) is 72.9 Å². The Labute approximate surface area is 108 Å². The average Bonchev–Trinajstić information content (AvgIpc) is 2.29. The molecule has 2 unspecified atom stereocenters. The number of amides is 2. The number of hydrogen-bond donors (Lipinski definition) is 2. The monoisotopic (exact) mass is 257 g/mol. The van der Waals surface area contributed by atoms with Gasteiger partial charge >= 0.3 is 12.0 Å². The normalized spacial score (nSPS) is 22.3. The minimum atomic E-state index is -0.962. The van der Waals surface area contributed by atoms with E-state index in [9.17, 15) is 9.59 Å². The lowest BCUT2D eigenvalue weighted by molar-refractivity contribution is -0.141. The number of likely N-dealkylation sites (N-methyl/N-ethyl adjacent to an activating group) is 2. The lowest BCUT2D eigenvalue weighted by Crippen LogP contribution is -2.53. The predicted molar refractivity (Wildman–Crippen MR) is 68.5 cm³/mol. The van der Waals surface area contributed by atoms with Crippen molar-refractivity contribution in [2.75, 3.05) is 27.2 Å². The Morgan fingerprint density at radius 3 is 2.72 bits per heavy atom. The molecule has 0 saturated carbocycles. The number of nitrogens with zero attached hydrogens (tertiary/aromatic N) is 2. The number of nitrogens with one attached hydrogen (secondary N) is 1. The summed E-state index contributed by atoms with van der Waals surface area (Å²) < 4.78 is 0. The number of urea groups is 1. The van der Waals surface area contributed by atoms with Crippen LogP contribution in [0.25, 0.3) is 0 Å². The minimum absolute atomic E-state index is 0.116. The lowest BCUT2D eigenvalue weighted by atomic mass is 10.1. The fourth-order valence-electron chi connectivity index (χ4n) is 2.32. The Bertz CT molecular complexity index is 309. The Kier molecular flexibility index (Phi) is 5.40. The second-order valence-corrected chi connectivity index (χ2v) is 4.92. The molecule has 0 aromatic heterocycles. The number of carboxylic acids is 1. The lowest BCUT2D eigenvalue weighted by Gasteiger charge is -2.32. The van der Waals surface area contributed by atoms with E-state index in [0.29, 0.717) is 6.42 Å². The van der Waals surface area contributed by atoms with Gasteiger partial charge in [0.2, 0.25) is 0 Å². The zero-order chi connectivity index (χ0) is 13.7. The van der Waals surface area contributed by atoms with Gasteiger partial charge in [-0.25, -0.2) is 9.59 Å². The molecule has 2 atom stereocenters.